The van der Waals surface area contributed by atoms with E-state index in [1.54, 1.807) is 7.11 Å². The van der Waals surface area contributed by atoms with Crippen molar-refractivity contribution in [2.75, 3.05) is 38.2 Å². The molecule has 27 heavy (non-hydrogen) atoms. The van der Waals surface area contributed by atoms with E-state index >= 15 is 0 Å². The highest BCUT2D eigenvalue weighted by Gasteiger charge is 2.30. The number of nitrogens with zero attached hydrogens (tertiary/aromatic N) is 4. The lowest BCUT2D eigenvalue weighted by Gasteiger charge is -2.39. The average molecular weight is 364 g/mol. The van der Waals surface area contributed by atoms with Crippen molar-refractivity contribution < 1.29 is 9.26 Å². The molecular formula is C21H24N4O2. The van der Waals surface area contributed by atoms with Crippen molar-refractivity contribution in [1.82, 2.24) is 15.0 Å². The molecule has 0 amide bonds. The molecule has 1 saturated heterocycles. The third-order valence-electron chi connectivity index (χ3n) is 5.00. The SMILES string of the molecule is COc1ccccc1N1CCN(C(c2ccccc2)c2nc(C)no2)CC1. The highest BCUT2D eigenvalue weighted by molar-refractivity contribution is 5.58. The van der Waals surface area contributed by atoms with E-state index in [0.29, 0.717) is 11.7 Å². The standard InChI is InChI=1S/C21H24N4O2/c1-16-22-21(27-23-16)20(17-8-4-3-5-9-17)25-14-12-24(13-15-25)18-10-6-7-11-19(18)26-2/h3-11,20H,12-15H2,1-2H3. The van der Waals surface area contributed by atoms with Gasteiger partial charge in [-0.05, 0) is 24.6 Å². The van der Waals surface area contributed by atoms with E-state index in [1.807, 2.05) is 25.1 Å². The topological polar surface area (TPSA) is 54.6 Å². The molecule has 6 nitrogen and oxygen atoms in total. The normalized spacial score (nSPS) is 16.3. The zero-order chi connectivity index (χ0) is 18.6. The summed E-state index contributed by atoms with van der Waals surface area (Å²) in [6.07, 6.45) is 0. The molecule has 1 fully saturated rings. The monoisotopic (exact) mass is 364 g/mol. The van der Waals surface area contributed by atoms with Crippen molar-refractivity contribution in [2.45, 2.75) is 13.0 Å². The van der Waals surface area contributed by atoms with E-state index in [4.69, 9.17) is 9.26 Å². The minimum absolute atomic E-state index is 0.0211. The first-order chi connectivity index (χ1) is 13.3. The number of aryl methyl sites for hydroxylation is 1. The van der Waals surface area contributed by atoms with E-state index in [0.717, 1.165) is 37.6 Å². The number of para-hydroxylation sites is 2. The molecule has 4 rings (SSSR count). The van der Waals surface area contributed by atoms with Gasteiger partial charge in [-0.15, -0.1) is 0 Å². The Kier molecular flexibility index (Phi) is 5.07. The number of rotatable bonds is 5. The molecule has 0 radical (unpaired) electrons. The number of anilines is 1. The summed E-state index contributed by atoms with van der Waals surface area (Å²) in [5.74, 6) is 2.24. The summed E-state index contributed by atoms with van der Waals surface area (Å²) in [5, 5.41) is 4.00. The molecule has 6 heteroatoms. The Bertz CT molecular complexity index is 873. The maximum atomic E-state index is 5.55. The molecule has 140 valence electrons. The number of hydrogen-bond acceptors (Lipinski definition) is 6. The predicted molar refractivity (Wildman–Crippen MR) is 104 cm³/mol. The van der Waals surface area contributed by atoms with Gasteiger partial charge >= 0.3 is 0 Å². The zero-order valence-corrected chi connectivity index (χ0v) is 15.7. The van der Waals surface area contributed by atoms with Crippen LogP contribution in [0.15, 0.2) is 59.1 Å². The number of benzene rings is 2. The average Bonchev–Trinajstić information content (AvgIpc) is 3.15. The van der Waals surface area contributed by atoms with Gasteiger partial charge in [0, 0.05) is 26.2 Å². The Morgan fingerprint density at radius 3 is 2.33 bits per heavy atom. The second-order valence-electron chi connectivity index (χ2n) is 6.69. The van der Waals surface area contributed by atoms with E-state index in [1.165, 1.54) is 5.56 Å². The maximum Gasteiger partial charge on any atom is 0.248 e. The van der Waals surface area contributed by atoms with Crippen molar-refractivity contribution in [1.29, 1.82) is 0 Å². The van der Waals surface area contributed by atoms with Crippen molar-refractivity contribution in [2.24, 2.45) is 0 Å². The fourth-order valence-corrected chi connectivity index (χ4v) is 3.68. The largest absolute Gasteiger partial charge is 0.495 e. The molecule has 1 aliphatic rings. The molecule has 2 aromatic carbocycles. The third-order valence-corrected chi connectivity index (χ3v) is 5.00. The fourth-order valence-electron chi connectivity index (χ4n) is 3.68. The van der Waals surface area contributed by atoms with Gasteiger partial charge in [0.2, 0.25) is 5.89 Å². The van der Waals surface area contributed by atoms with Crippen LogP contribution in [-0.4, -0.2) is 48.3 Å². The van der Waals surface area contributed by atoms with Crippen molar-refractivity contribution in [3.8, 4) is 5.75 Å². The van der Waals surface area contributed by atoms with Gasteiger partial charge in [0.05, 0.1) is 12.8 Å². The lowest BCUT2D eigenvalue weighted by molar-refractivity contribution is 0.177. The zero-order valence-electron chi connectivity index (χ0n) is 15.7. The van der Waals surface area contributed by atoms with Gasteiger partial charge in [-0.3, -0.25) is 4.90 Å². The van der Waals surface area contributed by atoms with Crippen LogP contribution in [0.2, 0.25) is 0 Å². The first-order valence-electron chi connectivity index (χ1n) is 9.23. The minimum Gasteiger partial charge on any atom is -0.495 e. The molecule has 0 aliphatic carbocycles. The summed E-state index contributed by atoms with van der Waals surface area (Å²) in [7, 11) is 1.72. The minimum atomic E-state index is -0.0211. The van der Waals surface area contributed by atoms with Crippen LogP contribution in [0.3, 0.4) is 0 Å². The van der Waals surface area contributed by atoms with Crippen LogP contribution in [-0.2, 0) is 0 Å². The molecule has 1 unspecified atom stereocenters. The first-order valence-corrected chi connectivity index (χ1v) is 9.23. The molecule has 0 saturated carbocycles. The number of methoxy groups -OCH3 is 1. The van der Waals surface area contributed by atoms with Crippen LogP contribution in [0.1, 0.15) is 23.3 Å². The van der Waals surface area contributed by atoms with Crippen molar-refractivity contribution in [3.63, 3.8) is 0 Å². The smallest absolute Gasteiger partial charge is 0.248 e. The third kappa shape index (κ3) is 3.66. The van der Waals surface area contributed by atoms with Crippen LogP contribution in [0.4, 0.5) is 5.69 Å². The van der Waals surface area contributed by atoms with Gasteiger partial charge < -0.3 is 14.2 Å². The van der Waals surface area contributed by atoms with Gasteiger partial charge in [-0.25, -0.2) is 0 Å². The fraction of sp³-hybridized carbons (Fsp3) is 0.333. The quantitative estimate of drug-likeness (QED) is 0.692. The molecule has 0 N–H and O–H groups in total. The van der Waals surface area contributed by atoms with Crippen molar-refractivity contribution in [3.05, 3.63) is 71.9 Å². The molecule has 0 spiro atoms. The Morgan fingerprint density at radius 2 is 1.67 bits per heavy atom. The summed E-state index contributed by atoms with van der Waals surface area (Å²) in [5.41, 5.74) is 2.32. The Morgan fingerprint density at radius 1 is 0.963 bits per heavy atom. The van der Waals surface area contributed by atoms with Crippen LogP contribution in [0.25, 0.3) is 0 Å². The van der Waals surface area contributed by atoms with Crippen LogP contribution in [0, 0.1) is 6.92 Å². The summed E-state index contributed by atoms with van der Waals surface area (Å²) in [4.78, 5) is 9.30. The van der Waals surface area contributed by atoms with Gasteiger partial charge in [0.15, 0.2) is 5.82 Å². The van der Waals surface area contributed by atoms with E-state index in [-0.39, 0.29) is 6.04 Å². The molecule has 2 heterocycles. The number of aromatic nitrogens is 2. The van der Waals surface area contributed by atoms with E-state index < -0.39 is 0 Å². The lowest BCUT2D eigenvalue weighted by Crippen LogP contribution is -2.48. The second kappa shape index (κ2) is 7.80. The molecule has 3 aromatic rings. The van der Waals surface area contributed by atoms with Crippen LogP contribution in [0.5, 0.6) is 5.75 Å². The maximum absolute atomic E-state index is 5.55. The van der Waals surface area contributed by atoms with Gasteiger partial charge in [0.1, 0.15) is 11.8 Å². The van der Waals surface area contributed by atoms with E-state index in [2.05, 4.69) is 56.3 Å². The molecule has 1 aromatic heterocycles. The summed E-state index contributed by atoms with van der Waals surface area (Å²) in [6, 6.07) is 18.5. The first kappa shape index (κ1) is 17.5. The Labute approximate surface area is 159 Å². The molecule has 1 atom stereocenters. The highest BCUT2D eigenvalue weighted by Crippen LogP contribution is 2.32. The Hall–Kier alpha value is -2.86. The lowest BCUT2D eigenvalue weighted by atomic mass is 10.0. The summed E-state index contributed by atoms with van der Waals surface area (Å²) in [6.45, 7) is 5.49. The highest BCUT2D eigenvalue weighted by atomic mass is 16.5. The van der Waals surface area contributed by atoms with Crippen LogP contribution >= 0.6 is 0 Å². The van der Waals surface area contributed by atoms with Gasteiger partial charge in [-0.1, -0.05) is 47.6 Å². The van der Waals surface area contributed by atoms with Crippen LogP contribution < -0.4 is 9.64 Å². The van der Waals surface area contributed by atoms with E-state index in [9.17, 15) is 0 Å². The second-order valence-corrected chi connectivity index (χ2v) is 6.69. The van der Waals surface area contributed by atoms with Crippen molar-refractivity contribution >= 4 is 5.69 Å². The molecular weight excluding hydrogens is 340 g/mol. The molecule has 0 bridgehead atoms. The number of hydrogen-bond donors (Lipinski definition) is 0. The number of ether oxygens (including phenoxy) is 1. The van der Waals surface area contributed by atoms with Gasteiger partial charge in [-0.2, -0.15) is 4.98 Å². The number of piperazine rings is 1. The Balaban J connectivity index is 1.55. The van der Waals surface area contributed by atoms with Gasteiger partial charge in [0.25, 0.3) is 0 Å². The molecule has 1 aliphatic heterocycles. The predicted octanol–water partition coefficient (Wildman–Crippen LogP) is 3.30. The summed E-state index contributed by atoms with van der Waals surface area (Å²) >= 11 is 0. The summed E-state index contributed by atoms with van der Waals surface area (Å²) < 4.78 is 11.1.